The maximum absolute atomic E-state index is 12.4. The highest BCUT2D eigenvalue weighted by atomic mass is 32.2. The zero-order valence-corrected chi connectivity index (χ0v) is 15.2. The summed E-state index contributed by atoms with van der Waals surface area (Å²) in [4.78, 5) is 20.8. The van der Waals surface area contributed by atoms with Crippen molar-refractivity contribution >= 4 is 32.5 Å². The molecule has 1 aromatic carbocycles. The lowest BCUT2D eigenvalue weighted by Crippen LogP contribution is -2.21. The number of anilines is 1. The SMILES string of the molecule is COc1ccc(NC(=O)Cn2c(CS(C)(=O)=O)nc3ccccc32)cn1. The van der Waals surface area contributed by atoms with Crippen LogP contribution in [0.15, 0.2) is 42.6 Å². The van der Waals surface area contributed by atoms with Gasteiger partial charge in [-0.1, -0.05) is 12.1 Å². The monoisotopic (exact) mass is 374 g/mol. The molecule has 0 atom stereocenters. The summed E-state index contributed by atoms with van der Waals surface area (Å²) in [6.45, 7) is -0.0581. The van der Waals surface area contributed by atoms with Crippen molar-refractivity contribution in [1.29, 1.82) is 0 Å². The normalized spacial score (nSPS) is 11.5. The zero-order chi connectivity index (χ0) is 18.7. The number of ether oxygens (including phenoxy) is 1. The second-order valence-electron chi connectivity index (χ2n) is 5.81. The first-order chi connectivity index (χ1) is 12.4. The molecular weight excluding hydrogens is 356 g/mol. The average molecular weight is 374 g/mol. The van der Waals surface area contributed by atoms with Crippen molar-refractivity contribution in [3.05, 3.63) is 48.4 Å². The van der Waals surface area contributed by atoms with Crippen molar-refractivity contribution in [3.8, 4) is 5.88 Å². The molecule has 0 bridgehead atoms. The standard InChI is InChI=1S/C17H18N4O4S/c1-25-17-8-7-12(9-18-17)19-16(22)10-21-14-6-4-3-5-13(14)20-15(21)11-26(2,23)24/h3-9H,10-11H2,1-2H3,(H,19,22). The molecule has 3 rings (SSSR count). The largest absolute Gasteiger partial charge is 0.481 e. The summed E-state index contributed by atoms with van der Waals surface area (Å²) in [6, 6.07) is 10.5. The minimum absolute atomic E-state index is 0.0581. The van der Waals surface area contributed by atoms with Crippen LogP contribution in [0.1, 0.15) is 5.82 Å². The van der Waals surface area contributed by atoms with E-state index < -0.39 is 9.84 Å². The number of pyridine rings is 1. The summed E-state index contributed by atoms with van der Waals surface area (Å²) in [7, 11) is -1.78. The number of carbonyl (C=O) groups excluding carboxylic acids is 1. The summed E-state index contributed by atoms with van der Waals surface area (Å²) < 4.78 is 30.0. The topological polar surface area (TPSA) is 103 Å². The lowest BCUT2D eigenvalue weighted by Gasteiger charge is -2.10. The van der Waals surface area contributed by atoms with Crippen molar-refractivity contribution < 1.29 is 17.9 Å². The summed E-state index contributed by atoms with van der Waals surface area (Å²) in [5.74, 6) is 0.226. The van der Waals surface area contributed by atoms with Crippen LogP contribution in [-0.4, -0.2) is 42.2 Å². The zero-order valence-electron chi connectivity index (χ0n) is 14.3. The Bertz CT molecular complexity index is 1040. The van der Waals surface area contributed by atoms with Gasteiger partial charge in [-0.05, 0) is 18.2 Å². The minimum Gasteiger partial charge on any atom is -0.481 e. The van der Waals surface area contributed by atoms with E-state index in [9.17, 15) is 13.2 Å². The fourth-order valence-electron chi connectivity index (χ4n) is 2.57. The number of nitrogens with one attached hydrogen (secondary N) is 1. The number of fused-ring (bicyclic) bond motifs is 1. The Morgan fingerprint density at radius 2 is 2.00 bits per heavy atom. The third-order valence-corrected chi connectivity index (χ3v) is 4.44. The number of amides is 1. The minimum atomic E-state index is -3.29. The van der Waals surface area contributed by atoms with E-state index in [0.717, 1.165) is 6.26 Å². The van der Waals surface area contributed by atoms with Gasteiger partial charge in [0.05, 0.1) is 30.0 Å². The fraction of sp³-hybridized carbons (Fsp3) is 0.235. The van der Waals surface area contributed by atoms with E-state index in [1.54, 1.807) is 28.8 Å². The van der Waals surface area contributed by atoms with Crippen molar-refractivity contribution in [2.24, 2.45) is 0 Å². The summed E-state index contributed by atoms with van der Waals surface area (Å²) in [5.41, 5.74) is 1.86. The maximum Gasteiger partial charge on any atom is 0.244 e. The van der Waals surface area contributed by atoms with Crippen LogP contribution in [0.3, 0.4) is 0 Å². The van der Waals surface area contributed by atoms with Crippen LogP contribution in [0.2, 0.25) is 0 Å². The van der Waals surface area contributed by atoms with Gasteiger partial charge in [0.15, 0.2) is 9.84 Å². The molecule has 1 N–H and O–H groups in total. The van der Waals surface area contributed by atoms with Crippen LogP contribution in [0.25, 0.3) is 11.0 Å². The highest BCUT2D eigenvalue weighted by Gasteiger charge is 2.17. The van der Waals surface area contributed by atoms with Gasteiger partial charge in [-0.2, -0.15) is 0 Å². The van der Waals surface area contributed by atoms with E-state index in [1.807, 2.05) is 12.1 Å². The molecular formula is C17H18N4O4S. The molecule has 3 aromatic rings. The molecule has 0 aliphatic heterocycles. The number of carbonyl (C=O) groups is 1. The molecule has 0 aliphatic rings. The molecule has 8 nitrogen and oxygen atoms in total. The number of benzene rings is 1. The number of rotatable bonds is 6. The van der Waals surface area contributed by atoms with Gasteiger partial charge in [0.2, 0.25) is 11.8 Å². The highest BCUT2D eigenvalue weighted by Crippen LogP contribution is 2.18. The lowest BCUT2D eigenvalue weighted by atomic mass is 10.3. The molecule has 0 fully saturated rings. The number of para-hydroxylation sites is 2. The molecule has 1 amide bonds. The van der Waals surface area contributed by atoms with Crippen molar-refractivity contribution in [2.45, 2.75) is 12.3 Å². The number of hydrogen-bond acceptors (Lipinski definition) is 6. The molecule has 0 unspecified atom stereocenters. The van der Waals surface area contributed by atoms with Crippen LogP contribution in [0, 0.1) is 0 Å². The van der Waals surface area contributed by atoms with Gasteiger partial charge < -0.3 is 14.6 Å². The number of sulfone groups is 1. The molecule has 2 aromatic heterocycles. The van der Waals surface area contributed by atoms with Crippen LogP contribution in [-0.2, 0) is 26.9 Å². The fourth-order valence-corrected chi connectivity index (χ4v) is 3.26. The van der Waals surface area contributed by atoms with E-state index in [4.69, 9.17) is 4.74 Å². The Kier molecular flexibility index (Phi) is 4.90. The van der Waals surface area contributed by atoms with E-state index in [-0.39, 0.29) is 18.2 Å². The smallest absolute Gasteiger partial charge is 0.244 e. The third-order valence-electron chi connectivity index (χ3n) is 3.66. The maximum atomic E-state index is 12.4. The van der Waals surface area contributed by atoms with E-state index in [1.165, 1.54) is 13.3 Å². The molecule has 0 saturated heterocycles. The molecule has 0 saturated carbocycles. The second-order valence-corrected chi connectivity index (χ2v) is 7.95. The predicted octanol–water partition coefficient (Wildman–Crippen LogP) is 1.62. The van der Waals surface area contributed by atoms with E-state index >= 15 is 0 Å². The van der Waals surface area contributed by atoms with E-state index in [0.29, 0.717) is 28.4 Å². The van der Waals surface area contributed by atoms with Gasteiger partial charge in [-0.15, -0.1) is 0 Å². The summed E-state index contributed by atoms with van der Waals surface area (Å²) >= 11 is 0. The molecule has 9 heteroatoms. The number of hydrogen-bond donors (Lipinski definition) is 1. The number of imidazole rings is 1. The number of nitrogens with zero attached hydrogens (tertiary/aromatic N) is 3. The van der Waals surface area contributed by atoms with Gasteiger partial charge in [0.1, 0.15) is 18.1 Å². The number of methoxy groups -OCH3 is 1. The predicted molar refractivity (Wildman–Crippen MR) is 97.7 cm³/mol. The molecule has 26 heavy (non-hydrogen) atoms. The van der Waals surface area contributed by atoms with Crippen molar-refractivity contribution in [1.82, 2.24) is 14.5 Å². The van der Waals surface area contributed by atoms with Gasteiger partial charge in [0.25, 0.3) is 0 Å². The summed E-state index contributed by atoms with van der Waals surface area (Å²) in [5, 5.41) is 2.73. The number of aromatic nitrogens is 3. The Labute approximate surface area is 150 Å². The van der Waals surface area contributed by atoms with Gasteiger partial charge in [0, 0.05) is 12.3 Å². The Morgan fingerprint density at radius 1 is 1.23 bits per heavy atom. The van der Waals surface area contributed by atoms with Crippen LogP contribution in [0.4, 0.5) is 5.69 Å². The molecule has 0 radical (unpaired) electrons. The molecule has 136 valence electrons. The average Bonchev–Trinajstić information content (AvgIpc) is 2.91. The first-order valence-corrected chi connectivity index (χ1v) is 9.83. The van der Waals surface area contributed by atoms with Crippen LogP contribution < -0.4 is 10.1 Å². The Balaban J connectivity index is 1.86. The first kappa shape index (κ1) is 17.9. The second kappa shape index (κ2) is 7.12. The van der Waals surface area contributed by atoms with E-state index in [2.05, 4.69) is 15.3 Å². The van der Waals surface area contributed by atoms with Crippen LogP contribution in [0.5, 0.6) is 5.88 Å². The molecule has 0 spiro atoms. The molecule has 2 heterocycles. The van der Waals surface area contributed by atoms with Crippen LogP contribution >= 0.6 is 0 Å². The van der Waals surface area contributed by atoms with Gasteiger partial charge >= 0.3 is 0 Å². The summed E-state index contributed by atoms with van der Waals surface area (Å²) in [6.07, 6.45) is 2.62. The third kappa shape index (κ3) is 4.17. The Hall–Kier alpha value is -2.94. The Morgan fingerprint density at radius 3 is 2.65 bits per heavy atom. The van der Waals surface area contributed by atoms with Gasteiger partial charge in [-0.25, -0.2) is 18.4 Å². The first-order valence-electron chi connectivity index (χ1n) is 7.77. The van der Waals surface area contributed by atoms with Crippen molar-refractivity contribution in [2.75, 3.05) is 18.7 Å². The van der Waals surface area contributed by atoms with Crippen molar-refractivity contribution in [3.63, 3.8) is 0 Å². The highest BCUT2D eigenvalue weighted by molar-refractivity contribution is 7.89. The lowest BCUT2D eigenvalue weighted by molar-refractivity contribution is -0.116. The quantitative estimate of drug-likeness (QED) is 0.703. The van der Waals surface area contributed by atoms with Gasteiger partial charge in [-0.3, -0.25) is 4.79 Å². The molecule has 0 aliphatic carbocycles.